The minimum atomic E-state index is -0.0232. The average Bonchev–Trinajstić information content (AvgIpc) is 2.38. The number of aryl methyl sites for hydroxylation is 1. The van der Waals surface area contributed by atoms with E-state index in [4.69, 9.17) is 4.74 Å². The van der Waals surface area contributed by atoms with Gasteiger partial charge in [0.05, 0.1) is 13.2 Å². The molecule has 4 heteroatoms. The molecule has 0 aliphatic carbocycles. The van der Waals surface area contributed by atoms with Crippen molar-refractivity contribution < 1.29 is 9.53 Å². The van der Waals surface area contributed by atoms with Gasteiger partial charge in [-0.25, -0.2) is 0 Å². The highest BCUT2D eigenvalue weighted by atomic mass is 79.9. The molecule has 0 radical (unpaired) electrons. The molecular weight excluding hydrogens is 282 g/mol. The first kappa shape index (κ1) is 14.2. The summed E-state index contributed by atoms with van der Waals surface area (Å²) < 4.78 is 5.26. The Labute approximate surface area is 111 Å². The minimum Gasteiger partial charge on any atom is -0.379 e. The van der Waals surface area contributed by atoms with Crippen LogP contribution >= 0.6 is 15.9 Å². The lowest BCUT2D eigenvalue weighted by Gasteiger charge is -2.08. The number of ether oxygens (including phenoxy) is 1. The Hall–Kier alpha value is -0.870. The number of hydrogen-bond donors (Lipinski definition) is 1. The zero-order valence-electron chi connectivity index (χ0n) is 10.0. The van der Waals surface area contributed by atoms with E-state index < -0.39 is 0 Å². The van der Waals surface area contributed by atoms with E-state index in [2.05, 4.69) is 21.2 Å². The van der Waals surface area contributed by atoms with Crippen molar-refractivity contribution in [2.45, 2.75) is 13.3 Å². The van der Waals surface area contributed by atoms with Crippen molar-refractivity contribution in [1.82, 2.24) is 5.32 Å². The highest BCUT2D eigenvalue weighted by Crippen LogP contribution is 2.08. The predicted octanol–water partition coefficient (Wildman–Crippen LogP) is 2.39. The molecule has 0 fully saturated rings. The summed E-state index contributed by atoms with van der Waals surface area (Å²) in [5, 5.41) is 3.67. The monoisotopic (exact) mass is 299 g/mol. The summed E-state index contributed by atoms with van der Waals surface area (Å²) in [5.41, 5.74) is 1.84. The van der Waals surface area contributed by atoms with E-state index in [1.165, 1.54) is 0 Å². The van der Waals surface area contributed by atoms with Crippen molar-refractivity contribution in [2.24, 2.45) is 0 Å². The number of nitrogens with one attached hydrogen (secondary N) is 1. The second-order valence-corrected chi connectivity index (χ2v) is 4.36. The molecule has 3 nitrogen and oxygen atoms in total. The number of carbonyl (C=O) groups is 1. The van der Waals surface area contributed by atoms with E-state index in [1.807, 2.05) is 31.2 Å². The molecule has 0 aromatic heterocycles. The Balaban J connectivity index is 2.41. The zero-order chi connectivity index (χ0) is 12.5. The molecule has 0 heterocycles. The molecule has 94 valence electrons. The highest BCUT2D eigenvalue weighted by Gasteiger charge is 2.08. The third-order valence-corrected chi connectivity index (χ3v) is 2.72. The maximum atomic E-state index is 11.9. The fraction of sp³-hybridized carbons (Fsp3) is 0.462. The largest absolute Gasteiger partial charge is 0.379 e. The van der Waals surface area contributed by atoms with Gasteiger partial charge in [-0.3, -0.25) is 4.79 Å². The van der Waals surface area contributed by atoms with Gasteiger partial charge in [-0.15, -0.1) is 0 Å². The van der Waals surface area contributed by atoms with Crippen LogP contribution in [0.25, 0.3) is 0 Å². The molecule has 1 rings (SSSR count). The van der Waals surface area contributed by atoms with Gasteiger partial charge in [-0.2, -0.15) is 0 Å². The number of alkyl halides is 1. The summed E-state index contributed by atoms with van der Waals surface area (Å²) >= 11 is 3.27. The van der Waals surface area contributed by atoms with Crippen molar-refractivity contribution in [3.05, 3.63) is 35.4 Å². The summed E-state index contributed by atoms with van der Waals surface area (Å²) in [6.45, 7) is 3.81. The van der Waals surface area contributed by atoms with Crippen LogP contribution in [0.4, 0.5) is 0 Å². The molecule has 1 aromatic carbocycles. The molecule has 0 unspecified atom stereocenters. The van der Waals surface area contributed by atoms with Gasteiger partial charge in [0, 0.05) is 17.4 Å². The molecule has 17 heavy (non-hydrogen) atoms. The molecule has 0 atom stereocenters. The van der Waals surface area contributed by atoms with Crippen LogP contribution in [0.15, 0.2) is 24.3 Å². The molecule has 1 N–H and O–H groups in total. The standard InChI is InChI=1S/C13H18BrNO2/c1-2-11-5-3-4-6-12(11)13(16)15-8-10-17-9-7-14/h3-6H,2,7-10H2,1H3,(H,15,16). The number of rotatable bonds is 7. The Morgan fingerprint density at radius 2 is 2.12 bits per heavy atom. The van der Waals surface area contributed by atoms with Crippen LogP contribution in [0.5, 0.6) is 0 Å². The van der Waals surface area contributed by atoms with Crippen LogP contribution in [0.3, 0.4) is 0 Å². The van der Waals surface area contributed by atoms with E-state index in [1.54, 1.807) is 0 Å². The van der Waals surface area contributed by atoms with Crippen LogP contribution in [-0.2, 0) is 11.2 Å². The van der Waals surface area contributed by atoms with Gasteiger partial charge in [0.25, 0.3) is 5.91 Å². The van der Waals surface area contributed by atoms with Gasteiger partial charge in [0.15, 0.2) is 0 Å². The van der Waals surface area contributed by atoms with E-state index in [0.29, 0.717) is 19.8 Å². The Bertz CT molecular complexity index is 355. The lowest BCUT2D eigenvalue weighted by atomic mass is 10.0. The first-order valence-corrected chi connectivity index (χ1v) is 6.91. The summed E-state index contributed by atoms with van der Waals surface area (Å²) in [6, 6.07) is 7.67. The SMILES string of the molecule is CCc1ccccc1C(=O)NCCOCCBr. The third-order valence-electron chi connectivity index (χ3n) is 2.40. The van der Waals surface area contributed by atoms with Crippen LogP contribution in [0.1, 0.15) is 22.8 Å². The molecule has 0 aliphatic rings. The third kappa shape index (κ3) is 4.88. The number of carbonyl (C=O) groups excluding carboxylic acids is 1. The van der Waals surface area contributed by atoms with Gasteiger partial charge in [-0.1, -0.05) is 41.1 Å². The van der Waals surface area contributed by atoms with Crippen molar-refractivity contribution in [3.8, 4) is 0 Å². The quantitative estimate of drug-likeness (QED) is 0.620. The molecule has 1 amide bonds. The summed E-state index contributed by atoms with van der Waals surface area (Å²) in [5.74, 6) is -0.0232. The summed E-state index contributed by atoms with van der Waals surface area (Å²) in [7, 11) is 0. The van der Waals surface area contributed by atoms with Gasteiger partial charge in [-0.05, 0) is 18.1 Å². The van der Waals surface area contributed by atoms with Gasteiger partial charge in [0.2, 0.25) is 0 Å². The maximum Gasteiger partial charge on any atom is 0.251 e. The first-order chi connectivity index (χ1) is 8.29. The summed E-state index contributed by atoms with van der Waals surface area (Å²) in [6.07, 6.45) is 0.865. The van der Waals surface area contributed by atoms with E-state index in [0.717, 1.165) is 22.9 Å². The van der Waals surface area contributed by atoms with Crippen LogP contribution in [0, 0.1) is 0 Å². The molecular formula is C13H18BrNO2. The molecule has 0 spiro atoms. The maximum absolute atomic E-state index is 11.9. The summed E-state index contributed by atoms with van der Waals surface area (Å²) in [4.78, 5) is 11.9. The van der Waals surface area contributed by atoms with Crippen molar-refractivity contribution in [2.75, 3.05) is 25.1 Å². The predicted molar refractivity (Wildman–Crippen MR) is 72.8 cm³/mol. The fourth-order valence-corrected chi connectivity index (χ4v) is 1.77. The topological polar surface area (TPSA) is 38.3 Å². The first-order valence-electron chi connectivity index (χ1n) is 5.79. The van der Waals surface area contributed by atoms with Gasteiger partial charge in [0.1, 0.15) is 0 Å². The molecule has 1 aromatic rings. The van der Waals surface area contributed by atoms with Crippen LogP contribution in [-0.4, -0.2) is 31.0 Å². The highest BCUT2D eigenvalue weighted by molar-refractivity contribution is 9.09. The van der Waals surface area contributed by atoms with E-state index in [9.17, 15) is 4.79 Å². The zero-order valence-corrected chi connectivity index (χ0v) is 11.6. The van der Waals surface area contributed by atoms with Gasteiger partial charge < -0.3 is 10.1 Å². The Morgan fingerprint density at radius 1 is 1.35 bits per heavy atom. The van der Waals surface area contributed by atoms with Crippen molar-refractivity contribution >= 4 is 21.8 Å². The number of hydrogen-bond acceptors (Lipinski definition) is 2. The van der Waals surface area contributed by atoms with Crippen LogP contribution < -0.4 is 5.32 Å². The Morgan fingerprint density at radius 3 is 2.82 bits per heavy atom. The average molecular weight is 300 g/mol. The Kier molecular flexibility index (Phi) is 6.89. The van der Waals surface area contributed by atoms with Gasteiger partial charge >= 0.3 is 0 Å². The van der Waals surface area contributed by atoms with Crippen molar-refractivity contribution in [1.29, 1.82) is 0 Å². The second-order valence-electron chi connectivity index (χ2n) is 3.57. The normalized spacial score (nSPS) is 10.2. The molecule has 0 bridgehead atoms. The lowest BCUT2D eigenvalue weighted by molar-refractivity contribution is 0.0923. The van der Waals surface area contributed by atoms with Crippen molar-refractivity contribution in [3.63, 3.8) is 0 Å². The molecule has 0 aliphatic heterocycles. The fourth-order valence-electron chi connectivity index (χ4n) is 1.54. The van der Waals surface area contributed by atoms with E-state index in [-0.39, 0.29) is 5.91 Å². The molecule has 0 saturated heterocycles. The smallest absolute Gasteiger partial charge is 0.251 e. The van der Waals surface area contributed by atoms with E-state index >= 15 is 0 Å². The molecule has 0 saturated carbocycles. The second kappa shape index (κ2) is 8.25. The number of amides is 1. The lowest BCUT2D eigenvalue weighted by Crippen LogP contribution is -2.28. The number of benzene rings is 1. The number of halogens is 1. The van der Waals surface area contributed by atoms with Crippen LogP contribution in [0.2, 0.25) is 0 Å². The minimum absolute atomic E-state index is 0.0232.